The van der Waals surface area contributed by atoms with Crippen molar-refractivity contribution in [2.75, 3.05) is 5.73 Å². The van der Waals surface area contributed by atoms with Gasteiger partial charge in [0.15, 0.2) is 0 Å². The first-order chi connectivity index (χ1) is 9.93. The number of ether oxygens (including phenoxy) is 1. The summed E-state index contributed by atoms with van der Waals surface area (Å²) in [6, 6.07) is 6.24. The van der Waals surface area contributed by atoms with Crippen molar-refractivity contribution in [1.29, 1.82) is 0 Å². The van der Waals surface area contributed by atoms with Crippen LogP contribution in [0.2, 0.25) is 0 Å². The summed E-state index contributed by atoms with van der Waals surface area (Å²) in [6.07, 6.45) is 2.91. The zero-order valence-corrected chi connectivity index (χ0v) is 13.2. The van der Waals surface area contributed by atoms with Crippen LogP contribution in [0.3, 0.4) is 0 Å². The molecule has 4 nitrogen and oxygen atoms in total. The number of rotatable bonds is 3. The molecule has 0 atom stereocenters. The Bertz CT molecular complexity index is 686. The molecule has 0 fully saturated rings. The number of para-hydroxylation sites is 1. The van der Waals surface area contributed by atoms with Gasteiger partial charge in [-0.1, -0.05) is 19.1 Å². The van der Waals surface area contributed by atoms with Gasteiger partial charge in [-0.3, -0.25) is 0 Å². The van der Waals surface area contributed by atoms with E-state index < -0.39 is 0 Å². The van der Waals surface area contributed by atoms with Gasteiger partial charge in [0, 0.05) is 25.5 Å². The Kier molecular flexibility index (Phi) is 3.19. The summed E-state index contributed by atoms with van der Waals surface area (Å²) in [7, 11) is 1.98. The topological polar surface area (TPSA) is 53.1 Å². The van der Waals surface area contributed by atoms with E-state index in [1.807, 2.05) is 11.6 Å². The summed E-state index contributed by atoms with van der Waals surface area (Å²) >= 11 is 0. The summed E-state index contributed by atoms with van der Waals surface area (Å²) in [5, 5.41) is 0. The summed E-state index contributed by atoms with van der Waals surface area (Å²) in [5.74, 6) is 2.68. The van der Waals surface area contributed by atoms with E-state index in [9.17, 15) is 0 Å². The van der Waals surface area contributed by atoms with Gasteiger partial charge >= 0.3 is 0 Å². The van der Waals surface area contributed by atoms with E-state index in [4.69, 9.17) is 15.5 Å². The number of nitrogens with zero attached hydrogens (tertiary/aromatic N) is 2. The smallest absolute Gasteiger partial charge is 0.133 e. The minimum atomic E-state index is -0.159. The molecule has 2 heterocycles. The molecule has 1 aromatic carbocycles. The maximum atomic E-state index is 6.27. The first kappa shape index (κ1) is 14.0. The highest BCUT2D eigenvalue weighted by molar-refractivity contribution is 5.78. The monoisotopic (exact) mass is 285 g/mol. The number of hydrogen-bond acceptors (Lipinski definition) is 3. The van der Waals surface area contributed by atoms with Crippen LogP contribution in [0.5, 0.6) is 5.75 Å². The number of aryl methyl sites for hydroxylation is 1. The Morgan fingerprint density at radius 1 is 1.38 bits per heavy atom. The maximum Gasteiger partial charge on any atom is 0.133 e. The van der Waals surface area contributed by atoms with Gasteiger partial charge in [-0.25, -0.2) is 4.98 Å². The van der Waals surface area contributed by atoms with Crippen molar-refractivity contribution in [1.82, 2.24) is 9.55 Å². The average molecular weight is 285 g/mol. The molecule has 0 saturated carbocycles. The van der Waals surface area contributed by atoms with Gasteiger partial charge in [-0.05, 0) is 31.9 Å². The standard InChI is InChI=1S/C17H23N3O/c1-5-7-13-19-14(16(18)20(13)4)12-9-6-8-11-10-17(2,3)21-15(11)12/h6,8-9H,5,7,10,18H2,1-4H3. The van der Waals surface area contributed by atoms with Gasteiger partial charge in [0.25, 0.3) is 0 Å². The second-order valence-electron chi connectivity index (χ2n) is 6.40. The number of aromatic nitrogens is 2. The average Bonchev–Trinajstić information content (AvgIpc) is 2.88. The number of hydrogen-bond donors (Lipinski definition) is 1. The third-order valence-electron chi connectivity index (χ3n) is 4.05. The molecule has 0 aliphatic carbocycles. The second-order valence-corrected chi connectivity index (χ2v) is 6.40. The Hall–Kier alpha value is -1.97. The first-order valence-electron chi connectivity index (χ1n) is 7.55. The molecule has 0 spiro atoms. The lowest BCUT2D eigenvalue weighted by atomic mass is 10.00. The van der Waals surface area contributed by atoms with Crippen molar-refractivity contribution in [2.24, 2.45) is 7.05 Å². The Morgan fingerprint density at radius 2 is 2.14 bits per heavy atom. The van der Waals surface area contributed by atoms with Crippen molar-refractivity contribution in [3.05, 3.63) is 29.6 Å². The number of nitrogens with two attached hydrogens (primary N) is 1. The van der Waals surface area contributed by atoms with Crippen molar-refractivity contribution in [3.63, 3.8) is 0 Å². The van der Waals surface area contributed by atoms with Crippen LogP contribution in [-0.4, -0.2) is 15.2 Å². The van der Waals surface area contributed by atoms with Gasteiger partial charge in [-0.2, -0.15) is 0 Å². The zero-order valence-electron chi connectivity index (χ0n) is 13.2. The molecule has 1 aliphatic rings. The molecule has 3 rings (SSSR count). The molecule has 0 saturated heterocycles. The largest absolute Gasteiger partial charge is 0.487 e. The Morgan fingerprint density at radius 3 is 2.86 bits per heavy atom. The van der Waals surface area contributed by atoms with Gasteiger partial charge in [0.05, 0.1) is 0 Å². The highest BCUT2D eigenvalue weighted by atomic mass is 16.5. The molecule has 1 aromatic heterocycles. The van der Waals surface area contributed by atoms with Crippen LogP contribution in [0.15, 0.2) is 18.2 Å². The minimum absolute atomic E-state index is 0.159. The van der Waals surface area contributed by atoms with Gasteiger partial charge in [-0.15, -0.1) is 0 Å². The molecule has 21 heavy (non-hydrogen) atoms. The van der Waals surface area contributed by atoms with Crippen LogP contribution >= 0.6 is 0 Å². The van der Waals surface area contributed by atoms with Crippen molar-refractivity contribution in [2.45, 2.75) is 45.6 Å². The van der Waals surface area contributed by atoms with E-state index in [2.05, 4.69) is 39.0 Å². The molecular formula is C17H23N3O. The maximum absolute atomic E-state index is 6.27. The molecule has 4 heteroatoms. The van der Waals surface area contributed by atoms with E-state index in [0.717, 1.165) is 42.1 Å². The SMILES string of the molecule is CCCc1nc(-c2cccc3c2OC(C)(C)C3)c(N)n1C. The van der Waals surface area contributed by atoms with Crippen LogP contribution in [0, 0.1) is 0 Å². The summed E-state index contributed by atoms with van der Waals surface area (Å²) in [6.45, 7) is 6.37. The molecule has 0 radical (unpaired) electrons. The van der Waals surface area contributed by atoms with Gasteiger partial charge < -0.3 is 15.0 Å². The lowest BCUT2D eigenvalue weighted by Crippen LogP contribution is -2.24. The number of benzene rings is 1. The van der Waals surface area contributed by atoms with E-state index in [-0.39, 0.29) is 5.60 Å². The number of nitrogen functional groups attached to an aromatic ring is 1. The van der Waals surface area contributed by atoms with E-state index in [1.165, 1.54) is 5.56 Å². The molecule has 0 bridgehead atoms. The normalized spacial score (nSPS) is 15.8. The zero-order chi connectivity index (χ0) is 15.2. The van der Waals surface area contributed by atoms with E-state index in [0.29, 0.717) is 5.82 Å². The molecule has 0 amide bonds. The Balaban J connectivity index is 2.12. The molecule has 112 valence electrons. The lowest BCUT2D eigenvalue weighted by molar-refractivity contribution is 0.139. The predicted octanol–water partition coefficient (Wildman–Crippen LogP) is 3.34. The van der Waals surface area contributed by atoms with Crippen LogP contribution in [-0.2, 0) is 19.9 Å². The summed E-state index contributed by atoms with van der Waals surface area (Å²) in [5.41, 5.74) is 9.20. The van der Waals surface area contributed by atoms with Crippen molar-refractivity contribution < 1.29 is 4.74 Å². The van der Waals surface area contributed by atoms with Crippen molar-refractivity contribution >= 4 is 5.82 Å². The number of imidazole rings is 1. The Labute approximate surface area is 125 Å². The minimum Gasteiger partial charge on any atom is -0.487 e. The van der Waals surface area contributed by atoms with Crippen LogP contribution in [0.25, 0.3) is 11.3 Å². The molecule has 0 unspecified atom stereocenters. The molecule has 2 aromatic rings. The van der Waals surface area contributed by atoms with Crippen LogP contribution < -0.4 is 10.5 Å². The van der Waals surface area contributed by atoms with Crippen LogP contribution in [0.4, 0.5) is 5.82 Å². The highest BCUT2D eigenvalue weighted by Crippen LogP contribution is 2.43. The first-order valence-corrected chi connectivity index (χ1v) is 7.55. The number of fused-ring (bicyclic) bond motifs is 1. The van der Waals surface area contributed by atoms with E-state index >= 15 is 0 Å². The number of anilines is 1. The van der Waals surface area contributed by atoms with E-state index in [1.54, 1.807) is 0 Å². The van der Waals surface area contributed by atoms with Crippen LogP contribution in [0.1, 0.15) is 38.6 Å². The lowest BCUT2D eigenvalue weighted by Gasteiger charge is -2.18. The second kappa shape index (κ2) is 4.79. The predicted molar refractivity (Wildman–Crippen MR) is 85.5 cm³/mol. The quantitative estimate of drug-likeness (QED) is 0.941. The fraction of sp³-hybridized carbons (Fsp3) is 0.471. The molecular weight excluding hydrogens is 262 g/mol. The molecule has 1 aliphatic heterocycles. The molecule has 2 N–H and O–H groups in total. The third kappa shape index (κ3) is 2.28. The van der Waals surface area contributed by atoms with Crippen molar-refractivity contribution in [3.8, 4) is 17.0 Å². The fourth-order valence-electron chi connectivity index (χ4n) is 3.01. The fourth-order valence-corrected chi connectivity index (χ4v) is 3.01. The highest BCUT2D eigenvalue weighted by Gasteiger charge is 2.33. The van der Waals surface area contributed by atoms with Gasteiger partial charge in [0.1, 0.15) is 28.7 Å². The third-order valence-corrected chi connectivity index (χ3v) is 4.05. The summed E-state index contributed by atoms with van der Waals surface area (Å²) < 4.78 is 8.12. The van der Waals surface area contributed by atoms with Gasteiger partial charge in [0.2, 0.25) is 0 Å². The summed E-state index contributed by atoms with van der Waals surface area (Å²) in [4.78, 5) is 4.75.